The van der Waals surface area contributed by atoms with E-state index in [0.717, 1.165) is 16.6 Å². The van der Waals surface area contributed by atoms with E-state index >= 15 is 0 Å². The van der Waals surface area contributed by atoms with E-state index in [-0.39, 0.29) is 17.0 Å². The third-order valence-electron chi connectivity index (χ3n) is 3.66. The normalized spacial score (nSPS) is 12.0. The van der Waals surface area contributed by atoms with Crippen LogP contribution in [-0.2, 0) is 12.7 Å². The number of benzene rings is 1. The zero-order valence-corrected chi connectivity index (χ0v) is 13.8. The van der Waals surface area contributed by atoms with Crippen LogP contribution in [0.2, 0.25) is 0 Å². The summed E-state index contributed by atoms with van der Waals surface area (Å²) in [5.41, 5.74) is -1.27. The number of carbonyl (C=O) groups excluding carboxylic acids is 1. The third-order valence-corrected chi connectivity index (χ3v) is 3.66. The minimum absolute atomic E-state index is 0.149. The number of amides is 1. The molecule has 142 valence electrons. The quantitative estimate of drug-likeness (QED) is 0.700. The Morgan fingerprint density at radius 3 is 2.59 bits per heavy atom. The molecule has 2 aromatic heterocycles. The number of fused-ring (bicyclic) bond motifs is 1. The van der Waals surface area contributed by atoms with Crippen LogP contribution in [0, 0.1) is 6.92 Å². The van der Waals surface area contributed by atoms with Crippen molar-refractivity contribution in [1.29, 1.82) is 0 Å². The van der Waals surface area contributed by atoms with Crippen molar-refractivity contribution in [2.45, 2.75) is 26.1 Å². The molecule has 3 rings (SSSR count). The highest BCUT2D eigenvalue weighted by Gasteiger charge is 2.33. The lowest BCUT2D eigenvalue weighted by atomic mass is 10.1. The lowest BCUT2D eigenvalue weighted by Gasteiger charge is -2.12. The van der Waals surface area contributed by atoms with Gasteiger partial charge in [-0.2, -0.15) is 22.7 Å². The van der Waals surface area contributed by atoms with E-state index in [2.05, 4.69) is 20.4 Å². The van der Waals surface area contributed by atoms with E-state index in [4.69, 9.17) is 0 Å². The molecule has 0 aliphatic heterocycles. The minimum atomic E-state index is -4.57. The van der Waals surface area contributed by atoms with E-state index in [0.29, 0.717) is 0 Å². The Bertz CT molecular complexity index is 999. The van der Waals surface area contributed by atoms with Gasteiger partial charge >= 0.3 is 6.18 Å². The van der Waals surface area contributed by atoms with Crippen LogP contribution < -0.4 is 5.32 Å². The largest absolute Gasteiger partial charge is 0.416 e. The van der Waals surface area contributed by atoms with Gasteiger partial charge in [-0.1, -0.05) is 18.2 Å². The molecule has 11 heteroatoms. The number of aromatic nitrogens is 4. The minimum Gasteiger partial charge on any atom is -0.345 e. The standard InChI is InChI=1S/C16H12F5N5O/c1-8-6-11(12(17)18)26-15(23-8)24-13(25-26)14(27)22-7-9-4-2-3-5-10(9)16(19,20)21/h2-6,12H,7H2,1H3,(H,22,27). The Kier molecular flexibility index (Phi) is 4.77. The van der Waals surface area contributed by atoms with Crippen LogP contribution in [-0.4, -0.2) is 25.5 Å². The molecule has 0 aliphatic carbocycles. The Balaban J connectivity index is 1.85. The maximum Gasteiger partial charge on any atom is 0.416 e. The molecule has 0 bridgehead atoms. The number of rotatable bonds is 4. The highest BCUT2D eigenvalue weighted by molar-refractivity contribution is 5.90. The van der Waals surface area contributed by atoms with Crippen molar-refractivity contribution >= 4 is 11.7 Å². The molecular weight excluding hydrogens is 373 g/mol. The molecular formula is C16H12F5N5O. The molecule has 0 fully saturated rings. The van der Waals surface area contributed by atoms with Crippen molar-refractivity contribution in [3.8, 4) is 0 Å². The number of nitrogens with one attached hydrogen (secondary N) is 1. The molecule has 3 aromatic rings. The number of halogens is 5. The van der Waals surface area contributed by atoms with Gasteiger partial charge in [0.05, 0.1) is 5.56 Å². The van der Waals surface area contributed by atoms with Gasteiger partial charge < -0.3 is 5.32 Å². The SMILES string of the molecule is Cc1cc(C(F)F)n2nc(C(=O)NCc3ccccc3C(F)(F)F)nc2n1. The van der Waals surface area contributed by atoms with Crippen molar-refractivity contribution in [3.63, 3.8) is 0 Å². The van der Waals surface area contributed by atoms with Crippen molar-refractivity contribution in [3.05, 3.63) is 58.7 Å². The van der Waals surface area contributed by atoms with Gasteiger partial charge in [-0.05, 0) is 24.6 Å². The first kappa shape index (κ1) is 18.7. The first-order valence-corrected chi connectivity index (χ1v) is 7.62. The van der Waals surface area contributed by atoms with E-state index in [9.17, 15) is 26.7 Å². The number of carbonyl (C=O) groups is 1. The van der Waals surface area contributed by atoms with Gasteiger partial charge in [0.25, 0.3) is 18.1 Å². The Hall–Kier alpha value is -3.11. The molecule has 0 atom stereocenters. The molecule has 1 amide bonds. The maximum atomic E-state index is 13.1. The Morgan fingerprint density at radius 1 is 1.22 bits per heavy atom. The summed E-state index contributed by atoms with van der Waals surface area (Å²) in [6, 6.07) is 5.86. The van der Waals surface area contributed by atoms with Gasteiger partial charge in [0.15, 0.2) is 0 Å². The maximum absolute atomic E-state index is 13.1. The summed E-state index contributed by atoms with van der Waals surface area (Å²) in [4.78, 5) is 19.9. The van der Waals surface area contributed by atoms with Gasteiger partial charge in [0, 0.05) is 12.2 Å². The molecule has 0 radical (unpaired) electrons. The molecule has 1 aromatic carbocycles. The van der Waals surface area contributed by atoms with Gasteiger partial charge in [0.2, 0.25) is 5.82 Å². The number of aryl methyl sites for hydroxylation is 1. The first-order valence-electron chi connectivity index (χ1n) is 7.62. The molecule has 0 unspecified atom stereocenters. The summed E-state index contributed by atoms with van der Waals surface area (Å²) < 4.78 is 65.8. The van der Waals surface area contributed by atoms with E-state index in [1.165, 1.54) is 25.1 Å². The number of nitrogens with zero attached hydrogens (tertiary/aromatic N) is 4. The monoisotopic (exact) mass is 385 g/mol. The molecule has 0 saturated heterocycles. The van der Waals surface area contributed by atoms with Gasteiger partial charge in [-0.3, -0.25) is 4.79 Å². The second-order valence-corrected chi connectivity index (χ2v) is 5.61. The molecule has 0 aliphatic rings. The molecule has 27 heavy (non-hydrogen) atoms. The molecule has 2 heterocycles. The lowest BCUT2D eigenvalue weighted by Crippen LogP contribution is -2.25. The molecule has 6 nitrogen and oxygen atoms in total. The Morgan fingerprint density at radius 2 is 1.93 bits per heavy atom. The fourth-order valence-corrected chi connectivity index (χ4v) is 2.47. The van der Waals surface area contributed by atoms with E-state index in [1.807, 2.05) is 0 Å². The van der Waals surface area contributed by atoms with Gasteiger partial charge in [0.1, 0.15) is 5.69 Å². The second-order valence-electron chi connectivity index (χ2n) is 5.61. The van der Waals surface area contributed by atoms with Crippen LogP contribution in [0.4, 0.5) is 22.0 Å². The third kappa shape index (κ3) is 3.86. The average Bonchev–Trinajstić information content (AvgIpc) is 3.02. The Labute approximate surface area is 149 Å². The number of alkyl halides is 5. The highest BCUT2D eigenvalue weighted by Crippen LogP contribution is 2.31. The van der Waals surface area contributed by atoms with Crippen LogP contribution >= 0.6 is 0 Å². The van der Waals surface area contributed by atoms with Gasteiger partial charge in [-0.15, -0.1) is 5.10 Å². The summed E-state index contributed by atoms with van der Waals surface area (Å²) >= 11 is 0. The molecule has 1 N–H and O–H groups in total. The van der Waals surface area contributed by atoms with Gasteiger partial charge in [-0.25, -0.2) is 13.8 Å². The van der Waals surface area contributed by atoms with Crippen LogP contribution in [0.3, 0.4) is 0 Å². The number of hydrogen-bond acceptors (Lipinski definition) is 4. The van der Waals surface area contributed by atoms with Crippen molar-refractivity contribution in [2.24, 2.45) is 0 Å². The van der Waals surface area contributed by atoms with E-state index in [1.54, 1.807) is 0 Å². The topological polar surface area (TPSA) is 72.2 Å². The highest BCUT2D eigenvalue weighted by atomic mass is 19.4. The first-order chi connectivity index (χ1) is 12.7. The summed E-state index contributed by atoms with van der Waals surface area (Å²) in [6.45, 7) is 1.05. The van der Waals surface area contributed by atoms with Crippen LogP contribution in [0.1, 0.15) is 39.6 Å². The predicted octanol–water partition coefficient (Wildman–Crippen LogP) is 3.32. The lowest BCUT2D eigenvalue weighted by molar-refractivity contribution is -0.138. The summed E-state index contributed by atoms with van der Waals surface area (Å²) in [5.74, 6) is -1.58. The molecule has 0 spiro atoms. The fourth-order valence-electron chi connectivity index (χ4n) is 2.47. The number of hydrogen-bond donors (Lipinski definition) is 1. The van der Waals surface area contributed by atoms with Crippen LogP contribution in [0.25, 0.3) is 5.78 Å². The van der Waals surface area contributed by atoms with Crippen molar-refractivity contribution in [1.82, 2.24) is 24.9 Å². The smallest absolute Gasteiger partial charge is 0.345 e. The fraction of sp³-hybridized carbons (Fsp3) is 0.250. The summed E-state index contributed by atoms with van der Waals surface area (Å²) in [5, 5.41) is 5.95. The summed E-state index contributed by atoms with van der Waals surface area (Å²) in [7, 11) is 0. The van der Waals surface area contributed by atoms with E-state index < -0.39 is 42.1 Å². The molecule has 0 saturated carbocycles. The van der Waals surface area contributed by atoms with Crippen molar-refractivity contribution in [2.75, 3.05) is 0 Å². The summed E-state index contributed by atoms with van der Waals surface area (Å²) in [6.07, 6.45) is -7.44. The van der Waals surface area contributed by atoms with Crippen LogP contribution in [0.5, 0.6) is 0 Å². The zero-order chi connectivity index (χ0) is 19.8. The van der Waals surface area contributed by atoms with Crippen molar-refractivity contribution < 1.29 is 26.7 Å². The zero-order valence-electron chi connectivity index (χ0n) is 13.8. The second kappa shape index (κ2) is 6.89. The predicted molar refractivity (Wildman–Crippen MR) is 83.1 cm³/mol. The average molecular weight is 385 g/mol. The van der Waals surface area contributed by atoms with Crippen LogP contribution in [0.15, 0.2) is 30.3 Å².